The van der Waals surface area contributed by atoms with Crippen LogP contribution in [-0.4, -0.2) is 31.9 Å². The van der Waals surface area contributed by atoms with Crippen molar-refractivity contribution in [2.75, 3.05) is 31.7 Å². The molecule has 0 unspecified atom stereocenters. The molecule has 17 heavy (non-hydrogen) atoms. The van der Waals surface area contributed by atoms with Crippen LogP contribution < -0.4 is 9.64 Å². The topological polar surface area (TPSA) is 32.7 Å². The zero-order chi connectivity index (χ0) is 12.1. The number of methoxy groups -OCH3 is 1. The fourth-order valence-corrected chi connectivity index (χ4v) is 2.43. The van der Waals surface area contributed by atoms with E-state index in [1.165, 1.54) is 24.1 Å². The van der Waals surface area contributed by atoms with E-state index in [0.717, 1.165) is 31.7 Å². The van der Waals surface area contributed by atoms with Crippen LogP contribution in [-0.2, 0) is 6.42 Å². The van der Waals surface area contributed by atoms with Gasteiger partial charge in [0.05, 0.1) is 7.11 Å². The van der Waals surface area contributed by atoms with Crippen molar-refractivity contribution in [1.29, 1.82) is 0 Å². The molecule has 1 saturated heterocycles. The van der Waals surface area contributed by atoms with Gasteiger partial charge in [-0.1, -0.05) is 0 Å². The first kappa shape index (κ1) is 12.2. The van der Waals surface area contributed by atoms with Gasteiger partial charge in [-0.2, -0.15) is 0 Å². The summed E-state index contributed by atoms with van der Waals surface area (Å²) in [5.74, 6) is 0.904. The van der Waals surface area contributed by atoms with Crippen molar-refractivity contribution in [3.8, 4) is 5.75 Å². The Morgan fingerprint density at radius 2 is 2.06 bits per heavy atom. The molecule has 1 aliphatic rings. The summed E-state index contributed by atoms with van der Waals surface area (Å²) in [6.45, 7) is 2.55. The zero-order valence-electron chi connectivity index (χ0n) is 10.5. The molecule has 0 radical (unpaired) electrons. The van der Waals surface area contributed by atoms with Crippen molar-refractivity contribution in [1.82, 2.24) is 0 Å². The third-order valence-corrected chi connectivity index (χ3v) is 3.34. The summed E-state index contributed by atoms with van der Waals surface area (Å²) >= 11 is 0. The molecule has 1 aliphatic heterocycles. The summed E-state index contributed by atoms with van der Waals surface area (Å²) in [4.78, 5) is 2.44. The van der Waals surface area contributed by atoms with Gasteiger partial charge in [0.1, 0.15) is 5.75 Å². The van der Waals surface area contributed by atoms with Crippen molar-refractivity contribution in [2.45, 2.75) is 25.7 Å². The second-order valence-corrected chi connectivity index (χ2v) is 4.52. The molecule has 2 rings (SSSR count). The van der Waals surface area contributed by atoms with E-state index in [0.29, 0.717) is 0 Å². The molecule has 0 amide bonds. The van der Waals surface area contributed by atoms with Crippen LogP contribution in [0.5, 0.6) is 5.75 Å². The van der Waals surface area contributed by atoms with Crippen LogP contribution in [0.25, 0.3) is 0 Å². The lowest BCUT2D eigenvalue weighted by Gasteiger charge is -2.22. The molecule has 3 heteroatoms. The Bertz CT molecular complexity index is 359. The van der Waals surface area contributed by atoms with E-state index in [1.807, 2.05) is 6.07 Å². The number of benzene rings is 1. The average molecular weight is 235 g/mol. The van der Waals surface area contributed by atoms with Crippen LogP contribution in [0.4, 0.5) is 5.69 Å². The predicted octanol–water partition coefficient (Wildman–Crippen LogP) is 2.22. The summed E-state index contributed by atoms with van der Waals surface area (Å²) in [6.07, 6.45) is 4.30. The Morgan fingerprint density at radius 3 is 2.71 bits per heavy atom. The molecule has 0 aliphatic carbocycles. The molecule has 0 aromatic heterocycles. The van der Waals surface area contributed by atoms with Crippen molar-refractivity contribution in [3.05, 3.63) is 23.8 Å². The third-order valence-electron chi connectivity index (χ3n) is 3.34. The largest absolute Gasteiger partial charge is 0.497 e. The fraction of sp³-hybridized carbons (Fsp3) is 0.571. The molecule has 1 aromatic rings. The number of aliphatic hydroxyl groups is 1. The molecule has 1 fully saturated rings. The summed E-state index contributed by atoms with van der Waals surface area (Å²) in [5.41, 5.74) is 2.61. The van der Waals surface area contributed by atoms with Crippen molar-refractivity contribution in [2.24, 2.45) is 0 Å². The molecule has 1 heterocycles. The van der Waals surface area contributed by atoms with Gasteiger partial charge in [-0.05, 0) is 49.4 Å². The third kappa shape index (κ3) is 2.91. The first-order valence-electron chi connectivity index (χ1n) is 6.38. The van der Waals surface area contributed by atoms with Crippen LogP contribution >= 0.6 is 0 Å². The van der Waals surface area contributed by atoms with Crippen LogP contribution in [0.3, 0.4) is 0 Å². The zero-order valence-corrected chi connectivity index (χ0v) is 10.5. The van der Waals surface area contributed by atoms with Gasteiger partial charge in [0.25, 0.3) is 0 Å². The number of rotatable bonds is 5. The number of anilines is 1. The fourth-order valence-electron chi connectivity index (χ4n) is 2.43. The molecule has 1 N–H and O–H groups in total. The molecular weight excluding hydrogens is 214 g/mol. The van der Waals surface area contributed by atoms with E-state index in [-0.39, 0.29) is 6.61 Å². The predicted molar refractivity (Wildman–Crippen MR) is 69.8 cm³/mol. The number of aliphatic hydroxyl groups excluding tert-OH is 1. The Kier molecular flexibility index (Phi) is 4.26. The maximum absolute atomic E-state index is 8.97. The van der Waals surface area contributed by atoms with E-state index in [1.54, 1.807) is 7.11 Å². The van der Waals surface area contributed by atoms with Crippen molar-refractivity contribution < 1.29 is 9.84 Å². The number of nitrogens with zero attached hydrogens (tertiary/aromatic N) is 1. The number of ether oxygens (including phenoxy) is 1. The van der Waals surface area contributed by atoms with Crippen LogP contribution in [0, 0.1) is 0 Å². The highest BCUT2D eigenvalue weighted by molar-refractivity contribution is 5.57. The quantitative estimate of drug-likeness (QED) is 0.849. The van der Waals surface area contributed by atoms with Crippen LogP contribution in [0.2, 0.25) is 0 Å². The first-order chi connectivity index (χ1) is 8.35. The highest BCUT2D eigenvalue weighted by Crippen LogP contribution is 2.29. The smallest absolute Gasteiger partial charge is 0.119 e. The highest BCUT2D eigenvalue weighted by atomic mass is 16.5. The summed E-state index contributed by atoms with van der Waals surface area (Å²) < 4.78 is 5.27. The number of aryl methyl sites for hydroxylation is 1. The Labute approximate surface area is 103 Å². The lowest BCUT2D eigenvalue weighted by molar-refractivity contribution is 0.288. The van der Waals surface area contributed by atoms with Gasteiger partial charge in [-0.25, -0.2) is 0 Å². The van der Waals surface area contributed by atoms with Crippen molar-refractivity contribution in [3.63, 3.8) is 0 Å². The van der Waals surface area contributed by atoms with Gasteiger partial charge in [0.15, 0.2) is 0 Å². The standard InChI is InChI=1S/C14H21NO2/c1-17-13-6-7-14(15-8-2-3-9-15)12(11-13)5-4-10-16/h6-7,11,16H,2-5,8-10H2,1H3. The summed E-state index contributed by atoms with van der Waals surface area (Å²) in [7, 11) is 1.70. The van der Waals surface area contributed by atoms with Crippen molar-refractivity contribution >= 4 is 5.69 Å². The molecule has 0 spiro atoms. The molecule has 94 valence electrons. The molecule has 0 saturated carbocycles. The maximum Gasteiger partial charge on any atom is 0.119 e. The van der Waals surface area contributed by atoms with E-state index in [4.69, 9.17) is 9.84 Å². The van der Waals surface area contributed by atoms with E-state index in [9.17, 15) is 0 Å². The minimum absolute atomic E-state index is 0.247. The van der Waals surface area contributed by atoms with Gasteiger partial charge >= 0.3 is 0 Å². The molecular formula is C14H21NO2. The highest BCUT2D eigenvalue weighted by Gasteiger charge is 2.15. The number of hydrogen-bond acceptors (Lipinski definition) is 3. The monoisotopic (exact) mass is 235 g/mol. The molecule has 0 atom stereocenters. The summed E-state index contributed by atoms with van der Waals surface area (Å²) in [5, 5.41) is 8.97. The van der Waals surface area contributed by atoms with Gasteiger partial charge in [0, 0.05) is 25.4 Å². The summed E-state index contributed by atoms with van der Waals surface area (Å²) in [6, 6.07) is 6.27. The lowest BCUT2D eigenvalue weighted by Crippen LogP contribution is -2.19. The second kappa shape index (κ2) is 5.92. The van der Waals surface area contributed by atoms with Crippen LogP contribution in [0.15, 0.2) is 18.2 Å². The SMILES string of the molecule is COc1ccc(N2CCCC2)c(CCCO)c1. The van der Waals surface area contributed by atoms with Gasteiger partial charge in [0.2, 0.25) is 0 Å². The average Bonchev–Trinajstić information content (AvgIpc) is 2.89. The normalized spacial score (nSPS) is 15.3. The lowest BCUT2D eigenvalue weighted by atomic mass is 10.1. The van der Waals surface area contributed by atoms with E-state index in [2.05, 4.69) is 17.0 Å². The van der Waals surface area contributed by atoms with Gasteiger partial charge in [-0.3, -0.25) is 0 Å². The minimum atomic E-state index is 0.247. The molecule has 3 nitrogen and oxygen atoms in total. The van der Waals surface area contributed by atoms with Gasteiger partial charge in [-0.15, -0.1) is 0 Å². The second-order valence-electron chi connectivity index (χ2n) is 4.52. The molecule has 1 aromatic carbocycles. The Balaban J connectivity index is 2.21. The Morgan fingerprint density at radius 1 is 1.29 bits per heavy atom. The molecule has 0 bridgehead atoms. The van der Waals surface area contributed by atoms with Gasteiger partial charge < -0.3 is 14.7 Å². The first-order valence-corrected chi connectivity index (χ1v) is 6.38. The van der Waals surface area contributed by atoms with Crippen LogP contribution in [0.1, 0.15) is 24.8 Å². The van der Waals surface area contributed by atoms with E-state index >= 15 is 0 Å². The minimum Gasteiger partial charge on any atom is -0.497 e. The van der Waals surface area contributed by atoms with E-state index < -0.39 is 0 Å². The maximum atomic E-state index is 8.97. The Hall–Kier alpha value is -1.22. The number of hydrogen-bond donors (Lipinski definition) is 1.